The standard InChI is InChI=1S/C14H13N3O2/c1-17(8-4-7-15)13-11-6-3-2-5-10(11)9-12(16-13)14(18)19/h2-3,5-6,9H,4,8H2,1H3,(H,18,19). The molecule has 0 radical (unpaired) electrons. The highest BCUT2D eigenvalue weighted by atomic mass is 16.4. The first-order valence-corrected chi connectivity index (χ1v) is 5.84. The highest BCUT2D eigenvalue weighted by Crippen LogP contribution is 2.25. The van der Waals surface area contributed by atoms with Crippen molar-refractivity contribution in [1.82, 2.24) is 4.98 Å². The lowest BCUT2D eigenvalue weighted by Crippen LogP contribution is -2.20. The summed E-state index contributed by atoms with van der Waals surface area (Å²) in [5.74, 6) is -0.466. The third kappa shape index (κ3) is 2.63. The molecule has 19 heavy (non-hydrogen) atoms. The average Bonchev–Trinajstić information content (AvgIpc) is 2.43. The lowest BCUT2D eigenvalue weighted by molar-refractivity contribution is 0.0691. The monoisotopic (exact) mass is 255 g/mol. The molecule has 0 amide bonds. The molecule has 0 fully saturated rings. The van der Waals surface area contributed by atoms with Gasteiger partial charge in [-0.15, -0.1) is 0 Å². The van der Waals surface area contributed by atoms with Gasteiger partial charge in [-0.05, 0) is 11.5 Å². The lowest BCUT2D eigenvalue weighted by Gasteiger charge is -2.19. The highest BCUT2D eigenvalue weighted by molar-refractivity contribution is 5.97. The Labute approximate surface area is 110 Å². The largest absolute Gasteiger partial charge is 0.477 e. The van der Waals surface area contributed by atoms with Crippen molar-refractivity contribution in [3.8, 4) is 6.07 Å². The number of rotatable bonds is 4. The number of nitrogens with zero attached hydrogens (tertiary/aromatic N) is 3. The maximum atomic E-state index is 11.1. The van der Waals surface area contributed by atoms with Crippen molar-refractivity contribution >= 4 is 22.6 Å². The second-order valence-electron chi connectivity index (χ2n) is 4.19. The van der Waals surface area contributed by atoms with E-state index in [0.29, 0.717) is 18.8 Å². The zero-order chi connectivity index (χ0) is 13.8. The van der Waals surface area contributed by atoms with Gasteiger partial charge in [0.15, 0.2) is 5.69 Å². The van der Waals surface area contributed by atoms with E-state index in [1.165, 1.54) is 0 Å². The van der Waals surface area contributed by atoms with Gasteiger partial charge in [-0.1, -0.05) is 24.3 Å². The summed E-state index contributed by atoms with van der Waals surface area (Å²) in [6.07, 6.45) is 0.365. The van der Waals surface area contributed by atoms with Crippen LogP contribution in [0.25, 0.3) is 10.8 Å². The number of pyridine rings is 1. The van der Waals surface area contributed by atoms with Crippen molar-refractivity contribution in [1.29, 1.82) is 5.26 Å². The van der Waals surface area contributed by atoms with Gasteiger partial charge in [0.05, 0.1) is 12.5 Å². The van der Waals surface area contributed by atoms with Crippen LogP contribution in [-0.2, 0) is 0 Å². The van der Waals surface area contributed by atoms with Crippen molar-refractivity contribution in [2.75, 3.05) is 18.5 Å². The number of carboxylic acid groups (broad SMARTS) is 1. The van der Waals surface area contributed by atoms with E-state index in [0.717, 1.165) is 10.8 Å². The van der Waals surface area contributed by atoms with Gasteiger partial charge in [-0.2, -0.15) is 5.26 Å². The minimum atomic E-state index is -1.05. The highest BCUT2D eigenvalue weighted by Gasteiger charge is 2.13. The predicted molar refractivity (Wildman–Crippen MR) is 72.2 cm³/mol. The van der Waals surface area contributed by atoms with Crippen molar-refractivity contribution in [2.24, 2.45) is 0 Å². The van der Waals surface area contributed by atoms with Crippen LogP contribution < -0.4 is 4.90 Å². The first-order valence-electron chi connectivity index (χ1n) is 5.84. The van der Waals surface area contributed by atoms with E-state index in [2.05, 4.69) is 11.1 Å². The molecule has 0 saturated carbocycles. The second kappa shape index (κ2) is 5.36. The molecule has 0 aliphatic heterocycles. The Hall–Kier alpha value is -2.61. The molecule has 0 atom stereocenters. The van der Waals surface area contributed by atoms with Crippen molar-refractivity contribution < 1.29 is 9.90 Å². The van der Waals surface area contributed by atoms with Crippen molar-refractivity contribution in [3.05, 3.63) is 36.0 Å². The number of carbonyl (C=O) groups is 1. The number of benzene rings is 1. The topological polar surface area (TPSA) is 77.2 Å². The van der Waals surface area contributed by atoms with E-state index in [9.17, 15) is 4.79 Å². The van der Waals surface area contributed by atoms with Gasteiger partial charge in [-0.25, -0.2) is 9.78 Å². The van der Waals surface area contributed by atoms with E-state index in [1.54, 1.807) is 18.0 Å². The van der Waals surface area contributed by atoms with Crippen LogP contribution in [0.3, 0.4) is 0 Å². The number of nitriles is 1. The number of aromatic carboxylic acids is 1. The lowest BCUT2D eigenvalue weighted by atomic mass is 10.1. The number of carboxylic acids is 1. The molecule has 0 saturated heterocycles. The number of hydrogen-bond acceptors (Lipinski definition) is 4. The van der Waals surface area contributed by atoms with Gasteiger partial charge < -0.3 is 10.0 Å². The van der Waals surface area contributed by atoms with Gasteiger partial charge in [-0.3, -0.25) is 0 Å². The molecule has 0 aliphatic rings. The molecule has 0 unspecified atom stereocenters. The van der Waals surface area contributed by atoms with Crippen molar-refractivity contribution in [2.45, 2.75) is 6.42 Å². The average molecular weight is 255 g/mol. The molecule has 5 nitrogen and oxygen atoms in total. The molecular formula is C14H13N3O2. The van der Waals surface area contributed by atoms with Gasteiger partial charge >= 0.3 is 5.97 Å². The summed E-state index contributed by atoms with van der Waals surface area (Å²) >= 11 is 0. The predicted octanol–water partition coefficient (Wildman–Crippen LogP) is 2.28. The second-order valence-corrected chi connectivity index (χ2v) is 4.19. The quantitative estimate of drug-likeness (QED) is 0.906. The maximum absolute atomic E-state index is 11.1. The van der Waals surface area contributed by atoms with Crippen LogP contribution >= 0.6 is 0 Å². The van der Waals surface area contributed by atoms with Crippen LogP contribution in [0.1, 0.15) is 16.9 Å². The van der Waals surface area contributed by atoms with Gasteiger partial charge in [0, 0.05) is 19.0 Å². The van der Waals surface area contributed by atoms with Crippen LogP contribution in [0.2, 0.25) is 0 Å². The molecule has 2 rings (SSSR count). The molecule has 1 aromatic heterocycles. The third-order valence-corrected chi connectivity index (χ3v) is 2.86. The Morgan fingerprint density at radius 2 is 2.21 bits per heavy atom. The fourth-order valence-corrected chi connectivity index (χ4v) is 1.90. The van der Waals surface area contributed by atoms with E-state index in [1.807, 2.05) is 24.3 Å². The Morgan fingerprint density at radius 3 is 2.89 bits per heavy atom. The Kier molecular flexibility index (Phi) is 3.62. The molecular weight excluding hydrogens is 242 g/mol. The van der Waals surface area contributed by atoms with Crippen LogP contribution in [0, 0.1) is 11.3 Å². The fourth-order valence-electron chi connectivity index (χ4n) is 1.90. The van der Waals surface area contributed by atoms with Crippen LogP contribution in [0.15, 0.2) is 30.3 Å². The summed E-state index contributed by atoms with van der Waals surface area (Å²) in [4.78, 5) is 17.1. The molecule has 0 bridgehead atoms. The molecule has 2 aromatic rings. The zero-order valence-electron chi connectivity index (χ0n) is 10.5. The van der Waals surface area contributed by atoms with E-state index < -0.39 is 5.97 Å². The molecule has 5 heteroatoms. The molecule has 1 heterocycles. The third-order valence-electron chi connectivity index (χ3n) is 2.86. The summed E-state index contributed by atoms with van der Waals surface area (Å²) in [5, 5.41) is 19.4. The number of hydrogen-bond donors (Lipinski definition) is 1. The summed E-state index contributed by atoms with van der Waals surface area (Å²) in [6.45, 7) is 0.510. The summed E-state index contributed by atoms with van der Waals surface area (Å²) < 4.78 is 0. The van der Waals surface area contributed by atoms with E-state index >= 15 is 0 Å². The smallest absolute Gasteiger partial charge is 0.354 e. The van der Waals surface area contributed by atoms with Crippen LogP contribution in [-0.4, -0.2) is 29.7 Å². The first-order chi connectivity index (χ1) is 9.13. The fraction of sp³-hybridized carbons (Fsp3) is 0.214. The minimum absolute atomic E-state index is 0.0116. The summed E-state index contributed by atoms with van der Waals surface area (Å²) in [7, 11) is 1.80. The minimum Gasteiger partial charge on any atom is -0.477 e. The molecule has 1 aromatic carbocycles. The Bertz CT molecular complexity index is 661. The van der Waals surface area contributed by atoms with E-state index in [-0.39, 0.29) is 5.69 Å². The molecule has 0 spiro atoms. The maximum Gasteiger partial charge on any atom is 0.354 e. The van der Waals surface area contributed by atoms with Gasteiger partial charge in [0.25, 0.3) is 0 Å². The number of aromatic nitrogens is 1. The molecule has 1 N–H and O–H groups in total. The van der Waals surface area contributed by atoms with Gasteiger partial charge in [0.1, 0.15) is 5.82 Å². The zero-order valence-corrected chi connectivity index (χ0v) is 10.5. The summed E-state index contributed by atoms with van der Waals surface area (Å²) in [5.41, 5.74) is 0.0116. The SMILES string of the molecule is CN(CCC#N)c1nc(C(=O)O)cc2ccccc12. The first kappa shape index (κ1) is 12.8. The Balaban J connectivity index is 2.56. The molecule has 0 aliphatic carbocycles. The van der Waals surface area contributed by atoms with Gasteiger partial charge in [0.2, 0.25) is 0 Å². The van der Waals surface area contributed by atoms with Crippen LogP contribution in [0.5, 0.6) is 0 Å². The van der Waals surface area contributed by atoms with Crippen LogP contribution in [0.4, 0.5) is 5.82 Å². The Morgan fingerprint density at radius 1 is 1.47 bits per heavy atom. The number of anilines is 1. The normalized spacial score (nSPS) is 10.1. The summed E-state index contributed by atoms with van der Waals surface area (Å²) in [6, 6.07) is 11.1. The molecule has 96 valence electrons. The number of fused-ring (bicyclic) bond motifs is 1. The van der Waals surface area contributed by atoms with E-state index in [4.69, 9.17) is 10.4 Å². The van der Waals surface area contributed by atoms with Crippen molar-refractivity contribution in [3.63, 3.8) is 0 Å².